The molecule has 0 saturated heterocycles. The molecule has 68 valence electrons. The van der Waals surface area contributed by atoms with Crippen LogP contribution in [0.3, 0.4) is 0 Å². The number of hydrogen-bond donors (Lipinski definition) is 0. The summed E-state index contributed by atoms with van der Waals surface area (Å²) in [6.07, 6.45) is 5.93. The van der Waals surface area contributed by atoms with Gasteiger partial charge in [-0.15, -0.1) is 0 Å². The molecule has 1 heteroatoms. The van der Waals surface area contributed by atoms with Crippen molar-refractivity contribution in [3.63, 3.8) is 0 Å². The van der Waals surface area contributed by atoms with E-state index in [1.54, 1.807) is 11.1 Å². The number of rotatable bonds is 0. The summed E-state index contributed by atoms with van der Waals surface area (Å²) in [5, 5.41) is 0. The van der Waals surface area contributed by atoms with Gasteiger partial charge in [0.1, 0.15) is 0 Å². The molecule has 0 nitrogen and oxygen atoms in total. The van der Waals surface area contributed by atoms with E-state index >= 15 is 0 Å². The van der Waals surface area contributed by atoms with Gasteiger partial charge in [-0.3, -0.25) is 0 Å². The van der Waals surface area contributed by atoms with Crippen LogP contribution in [0.1, 0.15) is 42.7 Å². The fraction of sp³-hybridized carbons (Fsp3) is 0.538. The van der Waals surface area contributed by atoms with E-state index in [1.165, 1.54) is 25.7 Å². The molecule has 14 heavy (non-hydrogen) atoms. The molecule has 0 bridgehead atoms. The average molecular weight is 210 g/mol. The fourth-order valence-electron chi connectivity index (χ4n) is 3.64. The molecule has 0 radical (unpaired) electrons. The zero-order valence-electron chi connectivity index (χ0n) is 8.87. The topological polar surface area (TPSA) is 0 Å². The molecule has 2 aliphatic rings. The van der Waals surface area contributed by atoms with E-state index in [4.69, 9.17) is 0 Å². The molecule has 0 N–H and O–H groups in total. The molecule has 1 saturated carbocycles. The second kappa shape index (κ2) is 4.02. The summed E-state index contributed by atoms with van der Waals surface area (Å²) in [5.41, 5.74) is 3.44. The van der Waals surface area contributed by atoms with E-state index in [0.29, 0.717) is 0 Å². The summed E-state index contributed by atoms with van der Waals surface area (Å²) in [6, 6.07) is 9.25. The van der Waals surface area contributed by atoms with Crippen molar-refractivity contribution in [2.75, 3.05) is 0 Å². The van der Waals surface area contributed by atoms with Gasteiger partial charge in [-0.25, -0.2) is 0 Å². The standard InChI is InChI=1S/C13H15.K/c1-3-7-12-10(5-1)9-11-6-2-4-8-13(11)12;/h1,3,5,7,9,11,13H,2,4,6,8H2;. The molecule has 3 unspecified atom stereocenters. The Morgan fingerprint density at radius 2 is 1.71 bits per heavy atom. The van der Waals surface area contributed by atoms with Crippen LogP contribution in [0.5, 0.6) is 0 Å². The Morgan fingerprint density at radius 3 is 2.57 bits per heavy atom. The van der Waals surface area contributed by atoms with Gasteiger partial charge in [0.2, 0.25) is 0 Å². The van der Waals surface area contributed by atoms with E-state index in [0.717, 1.165) is 60.8 Å². The van der Waals surface area contributed by atoms with E-state index in [-0.39, 0.29) is 0 Å². The van der Waals surface area contributed by atoms with E-state index < -0.39 is 0 Å². The van der Waals surface area contributed by atoms with Crippen molar-refractivity contribution >= 4 is 49.0 Å². The molecule has 0 aromatic heterocycles. The summed E-state index contributed by atoms with van der Waals surface area (Å²) in [5.74, 6) is 1.99. The predicted molar refractivity (Wildman–Crippen MR) is 59.6 cm³/mol. The van der Waals surface area contributed by atoms with Gasteiger partial charge >= 0.3 is 122 Å². The predicted octanol–water partition coefficient (Wildman–Crippen LogP) is 3.18. The number of benzene rings is 1. The van der Waals surface area contributed by atoms with Crippen LogP contribution in [-0.2, 0) is 0 Å². The second-order valence-electron chi connectivity index (χ2n) is 4.97. The third kappa shape index (κ3) is 1.49. The molecule has 0 heterocycles. The number of fused-ring (bicyclic) bond motifs is 3. The Hall–Kier alpha value is 0.856. The molecule has 1 aromatic carbocycles. The quantitative estimate of drug-likeness (QED) is 0.577. The van der Waals surface area contributed by atoms with Gasteiger partial charge in [0.25, 0.3) is 0 Å². The van der Waals surface area contributed by atoms with Crippen LogP contribution in [0, 0.1) is 5.92 Å². The van der Waals surface area contributed by atoms with Gasteiger partial charge in [0, 0.05) is 0 Å². The van der Waals surface area contributed by atoms with Crippen molar-refractivity contribution in [3.05, 3.63) is 35.4 Å². The first-order valence-corrected chi connectivity index (χ1v) is 7.77. The van der Waals surface area contributed by atoms with Crippen molar-refractivity contribution in [1.29, 1.82) is 0 Å². The Bertz CT molecular complexity index is 345. The molecule has 3 atom stereocenters. The van der Waals surface area contributed by atoms with Crippen molar-refractivity contribution in [1.82, 2.24) is 0 Å². The molecule has 3 rings (SSSR count). The van der Waals surface area contributed by atoms with Crippen LogP contribution >= 0.6 is 0 Å². The molecule has 0 aliphatic heterocycles. The van der Waals surface area contributed by atoms with Gasteiger partial charge < -0.3 is 0 Å². The van der Waals surface area contributed by atoms with Crippen molar-refractivity contribution < 1.29 is 0 Å². The van der Waals surface area contributed by atoms with Gasteiger partial charge in [-0.05, 0) is 0 Å². The minimum atomic E-state index is 0.945. The maximum absolute atomic E-state index is 2.39. The summed E-state index contributed by atoms with van der Waals surface area (Å²) in [7, 11) is 0. The van der Waals surface area contributed by atoms with Gasteiger partial charge in [0.15, 0.2) is 0 Å². The first-order chi connectivity index (χ1) is 6.88. The van der Waals surface area contributed by atoms with Gasteiger partial charge in [-0.1, -0.05) is 0 Å². The summed E-state index contributed by atoms with van der Waals surface area (Å²) < 4.78 is 1.00. The molecule has 1 aromatic rings. The van der Waals surface area contributed by atoms with Crippen LogP contribution in [0.4, 0.5) is 0 Å². The van der Waals surface area contributed by atoms with Crippen molar-refractivity contribution in [2.24, 2.45) is 5.92 Å². The fourth-order valence-corrected chi connectivity index (χ4v) is 5.71. The van der Waals surface area contributed by atoms with E-state index in [2.05, 4.69) is 24.3 Å². The molecular weight excluding hydrogens is 195 g/mol. The summed E-state index contributed by atoms with van der Waals surface area (Å²) in [4.78, 5) is 0. The van der Waals surface area contributed by atoms with Crippen LogP contribution in [0.25, 0.3) is 0 Å². The number of hydrogen-bond acceptors (Lipinski definition) is 0. The third-order valence-electron chi connectivity index (χ3n) is 4.35. The zero-order chi connectivity index (χ0) is 9.54. The first-order valence-electron chi connectivity index (χ1n) is 5.97. The van der Waals surface area contributed by atoms with Crippen LogP contribution in [-0.4, -0.2) is 49.0 Å². The minimum absolute atomic E-state index is 0.945. The van der Waals surface area contributed by atoms with Gasteiger partial charge in [-0.2, -0.15) is 0 Å². The Kier molecular flexibility index (Phi) is 2.89. The maximum atomic E-state index is 2.39. The normalized spacial score (nSPS) is 35.1. The van der Waals surface area contributed by atoms with Crippen molar-refractivity contribution in [3.8, 4) is 0 Å². The first kappa shape index (κ1) is 10.0. The van der Waals surface area contributed by atoms with Crippen molar-refractivity contribution in [2.45, 2.75) is 31.6 Å². The average Bonchev–Trinajstić information content (AvgIpc) is 2.55. The van der Waals surface area contributed by atoms with Crippen LogP contribution in [0.2, 0.25) is 0 Å². The monoisotopic (exact) mass is 210 g/mol. The van der Waals surface area contributed by atoms with E-state index in [9.17, 15) is 0 Å². The molecule has 2 aliphatic carbocycles. The SMILES string of the molecule is [K][CH]1c2ccccc2C2CCCCC12. The zero-order valence-corrected chi connectivity index (χ0v) is 12.0. The van der Waals surface area contributed by atoms with E-state index in [1.807, 2.05) is 0 Å². The van der Waals surface area contributed by atoms with Crippen LogP contribution < -0.4 is 0 Å². The molecule has 0 amide bonds. The molecular formula is C13H15K. The Balaban J connectivity index is 2.06. The Morgan fingerprint density at radius 1 is 1.00 bits per heavy atom. The summed E-state index contributed by atoms with van der Waals surface area (Å²) in [6.45, 7) is 0. The Labute approximate surface area is 120 Å². The van der Waals surface area contributed by atoms with Gasteiger partial charge in [0.05, 0.1) is 0 Å². The van der Waals surface area contributed by atoms with Crippen LogP contribution in [0.15, 0.2) is 24.3 Å². The molecule has 1 fully saturated rings. The molecule has 0 spiro atoms. The summed E-state index contributed by atoms with van der Waals surface area (Å²) >= 11 is 0.972. The second-order valence-corrected chi connectivity index (χ2v) is 6.91. The third-order valence-corrected chi connectivity index (χ3v) is 6.66.